The summed E-state index contributed by atoms with van der Waals surface area (Å²) in [5.74, 6) is -0.400. The lowest BCUT2D eigenvalue weighted by molar-refractivity contribution is -0.148. The first-order chi connectivity index (χ1) is 14.4. The molecular weight excluding hydrogens is 388 g/mol. The second-order valence-electron chi connectivity index (χ2n) is 7.66. The van der Waals surface area contributed by atoms with Gasteiger partial charge in [0.2, 0.25) is 0 Å². The van der Waals surface area contributed by atoms with Crippen LogP contribution in [0.4, 0.5) is 0 Å². The normalized spacial score (nSPS) is 27.6. The number of hydrogen-bond donors (Lipinski definition) is 0. The molecule has 1 aromatic rings. The molecule has 0 spiro atoms. The maximum atomic E-state index is 12.7. The topological polar surface area (TPSA) is 94.5 Å². The molecule has 1 heterocycles. The van der Waals surface area contributed by atoms with E-state index in [1.165, 1.54) is 13.3 Å². The highest BCUT2D eigenvalue weighted by molar-refractivity contribution is 6.06. The number of imide groups is 1. The molecule has 0 unspecified atom stereocenters. The number of hydrazone groups is 1. The number of ether oxygens (including phenoxy) is 3. The molecular formula is C22H24N2O6. The third-order valence-electron chi connectivity index (χ3n) is 5.87. The predicted molar refractivity (Wildman–Crippen MR) is 107 cm³/mol. The zero-order valence-electron chi connectivity index (χ0n) is 17.1. The zero-order valence-corrected chi connectivity index (χ0v) is 17.1. The van der Waals surface area contributed by atoms with E-state index in [1.807, 2.05) is 19.1 Å². The molecule has 8 heteroatoms. The summed E-state index contributed by atoms with van der Waals surface area (Å²) in [4.78, 5) is 37.0. The second-order valence-corrected chi connectivity index (χ2v) is 7.66. The van der Waals surface area contributed by atoms with Crippen molar-refractivity contribution in [3.8, 4) is 11.5 Å². The van der Waals surface area contributed by atoms with Crippen LogP contribution in [0.15, 0.2) is 35.5 Å². The summed E-state index contributed by atoms with van der Waals surface area (Å²) in [5, 5.41) is 5.18. The first kappa shape index (κ1) is 20.1. The van der Waals surface area contributed by atoms with Gasteiger partial charge < -0.3 is 14.2 Å². The van der Waals surface area contributed by atoms with Crippen molar-refractivity contribution in [3.63, 3.8) is 0 Å². The van der Waals surface area contributed by atoms with Crippen LogP contribution in [-0.2, 0) is 19.1 Å². The highest BCUT2D eigenvalue weighted by Crippen LogP contribution is 2.52. The summed E-state index contributed by atoms with van der Waals surface area (Å²) < 4.78 is 15.9. The number of fused-ring (bicyclic) bond motifs is 5. The highest BCUT2D eigenvalue weighted by Gasteiger charge is 2.59. The van der Waals surface area contributed by atoms with Crippen molar-refractivity contribution in [1.82, 2.24) is 5.01 Å². The van der Waals surface area contributed by atoms with E-state index >= 15 is 0 Å². The summed E-state index contributed by atoms with van der Waals surface area (Å²) in [6.45, 7) is 3.81. The molecule has 2 amide bonds. The number of esters is 1. The predicted octanol–water partition coefficient (Wildman–Crippen LogP) is 2.17. The molecule has 2 aliphatic carbocycles. The molecule has 1 saturated carbocycles. The molecule has 30 heavy (non-hydrogen) atoms. The van der Waals surface area contributed by atoms with E-state index in [0.717, 1.165) is 11.4 Å². The smallest absolute Gasteiger partial charge is 0.346 e. The van der Waals surface area contributed by atoms with E-state index in [-0.39, 0.29) is 35.5 Å². The first-order valence-corrected chi connectivity index (χ1v) is 10.1. The van der Waals surface area contributed by atoms with Gasteiger partial charge in [0.05, 0.1) is 31.8 Å². The number of allylic oxidation sites excluding steroid dienone is 2. The molecule has 1 saturated heterocycles. The number of hydrogen-bond acceptors (Lipinski definition) is 7. The number of carbonyl (C=O) groups is 3. The van der Waals surface area contributed by atoms with Crippen LogP contribution in [0.25, 0.3) is 0 Å². The van der Waals surface area contributed by atoms with Crippen LogP contribution in [0.2, 0.25) is 0 Å². The van der Waals surface area contributed by atoms with Crippen LogP contribution in [0.3, 0.4) is 0 Å². The van der Waals surface area contributed by atoms with Gasteiger partial charge in [0, 0.05) is 0 Å². The Bertz CT molecular complexity index is 910. The van der Waals surface area contributed by atoms with E-state index in [1.54, 1.807) is 25.1 Å². The van der Waals surface area contributed by atoms with Crippen molar-refractivity contribution in [2.24, 2.45) is 28.8 Å². The van der Waals surface area contributed by atoms with Crippen molar-refractivity contribution < 1.29 is 28.6 Å². The molecule has 0 aromatic heterocycles. The average molecular weight is 412 g/mol. The molecule has 1 aromatic carbocycles. The molecule has 2 bridgehead atoms. The van der Waals surface area contributed by atoms with Gasteiger partial charge in [-0.2, -0.15) is 10.1 Å². The number of amides is 2. The van der Waals surface area contributed by atoms with Crippen molar-refractivity contribution >= 4 is 24.0 Å². The monoisotopic (exact) mass is 412 g/mol. The molecule has 8 nitrogen and oxygen atoms in total. The Balaban J connectivity index is 1.51. The molecule has 0 radical (unpaired) electrons. The van der Waals surface area contributed by atoms with E-state index in [9.17, 15) is 14.4 Å². The summed E-state index contributed by atoms with van der Waals surface area (Å²) in [7, 11) is 1.29. The SMILES string of the molecule is CCOc1cc(C=NN2C(=O)[C@@H]3[C@H](C2=O)[C@H]2C=C[C@H]3C2)ccc1O[C@@H](C)C(=O)OC. The molecule has 4 rings (SSSR count). The van der Waals surface area contributed by atoms with Gasteiger partial charge in [-0.1, -0.05) is 12.2 Å². The largest absolute Gasteiger partial charge is 0.490 e. The molecule has 2 fully saturated rings. The number of benzene rings is 1. The van der Waals surface area contributed by atoms with Crippen LogP contribution in [0, 0.1) is 23.7 Å². The highest BCUT2D eigenvalue weighted by atomic mass is 16.6. The molecule has 3 aliphatic rings. The van der Waals surface area contributed by atoms with E-state index in [4.69, 9.17) is 9.47 Å². The van der Waals surface area contributed by atoms with E-state index in [0.29, 0.717) is 23.7 Å². The minimum Gasteiger partial charge on any atom is -0.490 e. The summed E-state index contributed by atoms with van der Waals surface area (Å²) in [6.07, 6.45) is 5.65. The zero-order chi connectivity index (χ0) is 21.4. The van der Waals surface area contributed by atoms with E-state index in [2.05, 4.69) is 9.84 Å². The second kappa shape index (κ2) is 7.93. The van der Waals surface area contributed by atoms with Crippen LogP contribution in [-0.4, -0.2) is 48.8 Å². The van der Waals surface area contributed by atoms with Gasteiger partial charge >= 0.3 is 5.97 Å². The Kier molecular flexibility index (Phi) is 5.32. The number of rotatable bonds is 7. The summed E-state index contributed by atoms with van der Waals surface area (Å²) >= 11 is 0. The maximum Gasteiger partial charge on any atom is 0.346 e. The van der Waals surface area contributed by atoms with Crippen molar-refractivity contribution in [2.45, 2.75) is 26.4 Å². The van der Waals surface area contributed by atoms with Crippen LogP contribution >= 0.6 is 0 Å². The fourth-order valence-corrected chi connectivity index (χ4v) is 4.50. The number of nitrogens with zero attached hydrogens (tertiary/aromatic N) is 2. The summed E-state index contributed by atoms with van der Waals surface area (Å²) in [5.41, 5.74) is 0.635. The molecule has 0 N–H and O–H groups in total. The quantitative estimate of drug-likeness (QED) is 0.295. The van der Waals surface area contributed by atoms with Gasteiger partial charge in [-0.3, -0.25) is 9.59 Å². The molecule has 1 aliphatic heterocycles. The van der Waals surface area contributed by atoms with E-state index < -0.39 is 12.1 Å². The molecule has 5 atom stereocenters. The van der Waals surface area contributed by atoms with Gasteiger partial charge in [-0.25, -0.2) is 4.79 Å². The van der Waals surface area contributed by atoms with Gasteiger partial charge in [0.1, 0.15) is 0 Å². The fourth-order valence-electron chi connectivity index (χ4n) is 4.50. The Morgan fingerprint density at radius 3 is 2.47 bits per heavy atom. The van der Waals surface area contributed by atoms with Gasteiger partial charge in [-0.05, 0) is 55.9 Å². The first-order valence-electron chi connectivity index (χ1n) is 10.1. The Morgan fingerprint density at radius 2 is 1.87 bits per heavy atom. The van der Waals surface area contributed by atoms with Crippen LogP contribution < -0.4 is 9.47 Å². The lowest BCUT2D eigenvalue weighted by Crippen LogP contribution is -2.28. The van der Waals surface area contributed by atoms with Crippen LogP contribution in [0.1, 0.15) is 25.8 Å². The third-order valence-corrected chi connectivity index (χ3v) is 5.87. The third kappa shape index (κ3) is 3.36. The standard InChI is InChI=1S/C22H24N2O6/c1-4-29-17-9-13(5-8-16(17)30-12(2)22(27)28-3)11-23-24-20(25)18-14-6-7-15(10-14)19(18)21(24)26/h5-9,11-12,14-15,18-19H,4,10H2,1-3H3/t12-,14-,15-,18-,19+/m0/s1. The Labute approximate surface area is 174 Å². The average Bonchev–Trinajstić information content (AvgIpc) is 3.42. The van der Waals surface area contributed by atoms with Gasteiger partial charge in [0.15, 0.2) is 17.6 Å². The van der Waals surface area contributed by atoms with Crippen molar-refractivity contribution in [2.75, 3.05) is 13.7 Å². The number of methoxy groups -OCH3 is 1. The van der Waals surface area contributed by atoms with Crippen LogP contribution in [0.5, 0.6) is 11.5 Å². The minimum atomic E-state index is -0.794. The lowest BCUT2D eigenvalue weighted by Gasteiger charge is -2.16. The molecule has 158 valence electrons. The minimum absolute atomic E-state index is 0.148. The summed E-state index contributed by atoms with van der Waals surface area (Å²) in [6, 6.07) is 5.05. The van der Waals surface area contributed by atoms with Crippen molar-refractivity contribution in [1.29, 1.82) is 0 Å². The van der Waals surface area contributed by atoms with Crippen molar-refractivity contribution in [3.05, 3.63) is 35.9 Å². The Morgan fingerprint density at radius 1 is 1.20 bits per heavy atom. The fraction of sp³-hybridized carbons (Fsp3) is 0.455. The van der Waals surface area contributed by atoms with Gasteiger partial charge in [0.25, 0.3) is 11.8 Å². The van der Waals surface area contributed by atoms with Gasteiger partial charge in [-0.15, -0.1) is 0 Å². The Hall–Kier alpha value is -3.16. The maximum absolute atomic E-state index is 12.7. The lowest BCUT2D eigenvalue weighted by atomic mass is 9.85. The number of carbonyl (C=O) groups excluding carboxylic acids is 3.